The van der Waals surface area contributed by atoms with E-state index in [1.807, 2.05) is 32.3 Å². The fourth-order valence-corrected chi connectivity index (χ4v) is 3.45. The molecule has 1 saturated heterocycles. The number of carbonyl (C=O) groups is 1. The monoisotopic (exact) mass is 290 g/mol. The highest BCUT2D eigenvalue weighted by molar-refractivity contribution is 7.20. The molecule has 108 valence electrons. The fourth-order valence-electron chi connectivity index (χ4n) is 2.51. The summed E-state index contributed by atoms with van der Waals surface area (Å²) in [4.78, 5) is 19.0. The van der Waals surface area contributed by atoms with Gasteiger partial charge in [0.2, 0.25) is 0 Å². The van der Waals surface area contributed by atoms with Crippen LogP contribution in [-0.4, -0.2) is 23.9 Å². The molecule has 1 aliphatic heterocycles. The Balaban J connectivity index is 0.000000704. The molecule has 0 aromatic carbocycles. The number of fused-ring (bicyclic) bond motifs is 1. The Morgan fingerprint density at radius 1 is 1.20 bits per heavy atom. The van der Waals surface area contributed by atoms with Crippen LogP contribution < -0.4 is 4.90 Å². The van der Waals surface area contributed by atoms with E-state index in [0.717, 1.165) is 22.7 Å². The molecule has 3 nitrogen and oxygen atoms in total. The van der Waals surface area contributed by atoms with Crippen molar-refractivity contribution in [2.45, 2.75) is 40.0 Å². The molecular formula is C16H22N2OS. The number of hydrogen-bond acceptors (Lipinski definition) is 4. The van der Waals surface area contributed by atoms with Crippen LogP contribution in [0.2, 0.25) is 0 Å². The highest BCUT2D eigenvalue weighted by Crippen LogP contribution is 2.33. The van der Waals surface area contributed by atoms with E-state index in [1.54, 1.807) is 18.3 Å². The first-order chi connectivity index (χ1) is 9.75. The zero-order valence-corrected chi connectivity index (χ0v) is 13.3. The van der Waals surface area contributed by atoms with Crippen molar-refractivity contribution >= 4 is 32.9 Å². The highest BCUT2D eigenvalue weighted by Gasteiger charge is 2.16. The number of rotatable bonds is 2. The molecule has 0 aliphatic carbocycles. The molecule has 0 radical (unpaired) electrons. The van der Waals surface area contributed by atoms with Crippen molar-refractivity contribution in [2.75, 3.05) is 18.0 Å². The number of anilines is 1. The van der Waals surface area contributed by atoms with Gasteiger partial charge in [0.15, 0.2) is 5.78 Å². The number of nitrogens with zero attached hydrogens (tertiary/aromatic N) is 2. The minimum Gasteiger partial charge on any atom is -0.370 e. The molecule has 0 amide bonds. The zero-order valence-electron chi connectivity index (χ0n) is 12.5. The van der Waals surface area contributed by atoms with Crippen molar-refractivity contribution in [1.82, 2.24) is 4.98 Å². The highest BCUT2D eigenvalue weighted by atomic mass is 32.1. The lowest BCUT2D eigenvalue weighted by atomic mass is 10.1. The fraction of sp³-hybridized carbons (Fsp3) is 0.500. The maximum Gasteiger partial charge on any atom is 0.169 e. The van der Waals surface area contributed by atoms with Crippen molar-refractivity contribution in [3.05, 3.63) is 23.3 Å². The lowest BCUT2D eigenvalue weighted by Crippen LogP contribution is -2.29. The second-order valence-electron chi connectivity index (χ2n) is 4.78. The van der Waals surface area contributed by atoms with Crippen LogP contribution in [0.15, 0.2) is 18.5 Å². The molecule has 0 bridgehead atoms. The summed E-state index contributed by atoms with van der Waals surface area (Å²) < 4.78 is 1.11. The molecule has 3 heterocycles. The van der Waals surface area contributed by atoms with Crippen LogP contribution in [0.25, 0.3) is 10.1 Å². The molecule has 4 heteroatoms. The smallest absolute Gasteiger partial charge is 0.169 e. The third kappa shape index (κ3) is 3.01. The molecular weight excluding hydrogens is 268 g/mol. The predicted molar refractivity (Wildman–Crippen MR) is 87.0 cm³/mol. The van der Waals surface area contributed by atoms with E-state index in [9.17, 15) is 4.79 Å². The van der Waals surface area contributed by atoms with Gasteiger partial charge in [-0.05, 0) is 32.3 Å². The second kappa shape index (κ2) is 6.84. The van der Waals surface area contributed by atoms with Crippen LogP contribution in [0.1, 0.15) is 49.7 Å². The minimum atomic E-state index is 0.140. The molecule has 0 N–H and O–H groups in total. The lowest BCUT2D eigenvalue weighted by Gasteiger charge is -2.28. The second-order valence-corrected chi connectivity index (χ2v) is 5.87. The minimum absolute atomic E-state index is 0.140. The third-order valence-electron chi connectivity index (χ3n) is 3.47. The van der Waals surface area contributed by atoms with Gasteiger partial charge in [0.05, 0.1) is 21.5 Å². The van der Waals surface area contributed by atoms with E-state index in [1.165, 1.54) is 30.3 Å². The number of hydrogen-bond donors (Lipinski definition) is 0. The molecule has 2 aromatic rings. The Bertz CT molecular complexity index is 585. The molecule has 0 saturated carbocycles. The van der Waals surface area contributed by atoms with Gasteiger partial charge in [0.1, 0.15) is 0 Å². The molecule has 2 aromatic heterocycles. The first-order valence-corrected chi connectivity index (χ1v) is 8.21. The van der Waals surface area contributed by atoms with E-state index in [2.05, 4.69) is 9.88 Å². The molecule has 20 heavy (non-hydrogen) atoms. The number of Topliss-reactive ketones (excluding diaryl/α,β-unsaturated/α-hetero) is 1. The van der Waals surface area contributed by atoms with Gasteiger partial charge in [-0.25, -0.2) is 0 Å². The van der Waals surface area contributed by atoms with Crippen LogP contribution in [0.3, 0.4) is 0 Å². The van der Waals surface area contributed by atoms with Gasteiger partial charge in [-0.15, -0.1) is 11.3 Å². The van der Waals surface area contributed by atoms with Gasteiger partial charge in [-0.2, -0.15) is 0 Å². The van der Waals surface area contributed by atoms with Crippen LogP contribution in [0.4, 0.5) is 5.69 Å². The standard InChI is InChI=1S/C14H16N2OS.C2H6/c1-10(17)13-7-11-12(8-15-9-14(11)18-13)16-5-3-2-4-6-16;1-2/h7-9H,2-6H2,1H3;1-2H3. The van der Waals surface area contributed by atoms with E-state index in [0.29, 0.717) is 0 Å². The lowest BCUT2D eigenvalue weighted by molar-refractivity contribution is 0.102. The maximum absolute atomic E-state index is 11.5. The Hall–Kier alpha value is -1.42. The Labute approximate surface area is 124 Å². The van der Waals surface area contributed by atoms with Crippen molar-refractivity contribution in [3.8, 4) is 0 Å². The maximum atomic E-state index is 11.5. The average Bonchev–Trinajstić information content (AvgIpc) is 2.94. The topological polar surface area (TPSA) is 33.2 Å². The Morgan fingerprint density at radius 3 is 2.55 bits per heavy atom. The molecule has 1 fully saturated rings. The van der Waals surface area contributed by atoms with Gasteiger partial charge in [0, 0.05) is 24.7 Å². The van der Waals surface area contributed by atoms with Gasteiger partial charge in [0.25, 0.3) is 0 Å². The quantitative estimate of drug-likeness (QED) is 0.763. The summed E-state index contributed by atoms with van der Waals surface area (Å²) in [6.07, 6.45) is 7.62. The molecule has 0 spiro atoms. The van der Waals surface area contributed by atoms with Crippen molar-refractivity contribution in [3.63, 3.8) is 0 Å². The van der Waals surface area contributed by atoms with Crippen molar-refractivity contribution in [2.24, 2.45) is 0 Å². The van der Waals surface area contributed by atoms with Gasteiger partial charge in [-0.3, -0.25) is 9.78 Å². The average molecular weight is 290 g/mol. The number of carbonyl (C=O) groups excluding carboxylic acids is 1. The Morgan fingerprint density at radius 2 is 1.90 bits per heavy atom. The number of aromatic nitrogens is 1. The SMILES string of the molecule is CC.CC(=O)c1cc2c(N3CCCCC3)cncc2s1. The summed E-state index contributed by atoms with van der Waals surface area (Å²) in [7, 11) is 0. The first-order valence-electron chi connectivity index (χ1n) is 7.39. The summed E-state index contributed by atoms with van der Waals surface area (Å²) in [5, 5.41) is 1.18. The van der Waals surface area contributed by atoms with Gasteiger partial charge in [-0.1, -0.05) is 13.8 Å². The van der Waals surface area contributed by atoms with E-state index < -0.39 is 0 Å². The summed E-state index contributed by atoms with van der Waals surface area (Å²) in [5.41, 5.74) is 1.19. The summed E-state index contributed by atoms with van der Waals surface area (Å²) in [6, 6.07) is 2.02. The molecule has 1 aliphatic rings. The number of pyridine rings is 1. The van der Waals surface area contributed by atoms with Crippen molar-refractivity contribution < 1.29 is 4.79 Å². The number of ketones is 1. The zero-order chi connectivity index (χ0) is 14.5. The van der Waals surface area contributed by atoms with Gasteiger partial charge < -0.3 is 4.90 Å². The van der Waals surface area contributed by atoms with Crippen LogP contribution >= 0.6 is 11.3 Å². The van der Waals surface area contributed by atoms with E-state index in [-0.39, 0.29) is 5.78 Å². The van der Waals surface area contributed by atoms with E-state index in [4.69, 9.17) is 0 Å². The summed E-state index contributed by atoms with van der Waals surface area (Å²) in [5.74, 6) is 0.140. The van der Waals surface area contributed by atoms with E-state index >= 15 is 0 Å². The number of piperidine rings is 1. The molecule has 3 rings (SSSR count). The Kier molecular flexibility index (Phi) is 5.12. The summed E-state index contributed by atoms with van der Waals surface area (Å²) >= 11 is 1.54. The number of thiophene rings is 1. The van der Waals surface area contributed by atoms with Crippen molar-refractivity contribution in [1.29, 1.82) is 0 Å². The molecule has 0 unspecified atom stereocenters. The largest absolute Gasteiger partial charge is 0.370 e. The molecule has 0 atom stereocenters. The normalized spacial score (nSPS) is 14.8. The van der Waals surface area contributed by atoms with Crippen LogP contribution in [0, 0.1) is 0 Å². The van der Waals surface area contributed by atoms with Gasteiger partial charge >= 0.3 is 0 Å². The predicted octanol–water partition coefficient (Wildman–Crippen LogP) is 4.52. The third-order valence-corrected chi connectivity index (χ3v) is 4.64. The van der Waals surface area contributed by atoms with Crippen LogP contribution in [-0.2, 0) is 0 Å². The summed E-state index contributed by atoms with van der Waals surface area (Å²) in [6.45, 7) is 7.83. The van der Waals surface area contributed by atoms with Crippen LogP contribution in [0.5, 0.6) is 0 Å². The first kappa shape index (κ1) is 15.0.